The minimum atomic E-state index is -0.509. The molecule has 7 heteroatoms. The fourth-order valence-corrected chi connectivity index (χ4v) is 4.57. The van der Waals surface area contributed by atoms with Crippen LogP contribution in [-0.2, 0) is 16.0 Å². The number of aryl methyl sites for hydroxylation is 2. The molecule has 0 bridgehead atoms. The van der Waals surface area contributed by atoms with E-state index in [-0.39, 0.29) is 10.7 Å². The molecule has 1 aliphatic rings. The first-order chi connectivity index (χ1) is 16.3. The lowest BCUT2D eigenvalue weighted by molar-refractivity contribution is -0.122. The Labute approximate surface area is 210 Å². The Bertz CT molecular complexity index is 1290. The summed E-state index contributed by atoms with van der Waals surface area (Å²) < 4.78 is 2.13. The number of carbonyl (C=O) groups is 2. The maximum absolute atomic E-state index is 13.3. The number of halogens is 1. The lowest BCUT2D eigenvalue weighted by atomic mass is 10.1. The molecule has 1 saturated heterocycles. The number of amides is 2. The molecule has 0 unspecified atom stereocenters. The van der Waals surface area contributed by atoms with Crippen LogP contribution in [0.15, 0.2) is 60.2 Å². The number of thiocarbonyl (C=S) groups is 1. The fraction of sp³-hybridized carbons (Fsp3) is 0.222. The molecule has 3 aromatic rings. The first-order valence-corrected chi connectivity index (χ1v) is 12.0. The fourth-order valence-electron chi connectivity index (χ4n) is 4.16. The van der Waals surface area contributed by atoms with Crippen molar-refractivity contribution in [2.75, 3.05) is 4.90 Å². The van der Waals surface area contributed by atoms with Gasteiger partial charge in [0.15, 0.2) is 5.11 Å². The average Bonchev–Trinajstić information content (AvgIpc) is 3.09. The van der Waals surface area contributed by atoms with Gasteiger partial charge in [0.2, 0.25) is 0 Å². The van der Waals surface area contributed by atoms with E-state index < -0.39 is 11.8 Å². The normalized spacial score (nSPS) is 15.2. The number of rotatable bonds is 6. The average molecular weight is 492 g/mol. The molecule has 34 heavy (non-hydrogen) atoms. The Morgan fingerprint density at radius 3 is 2.29 bits per heavy atom. The summed E-state index contributed by atoms with van der Waals surface area (Å²) in [6.45, 7) is 6.19. The molecule has 0 radical (unpaired) electrons. The van der Waals surface area contributed by atoms with Crippen LogP contribution in [0.1, 0.15) is 42.3 Å². The summed E-state index contributed by atoms with van der Waals surface area (Å²) in [6, 6.07) is 17.3. The minimum Gasteiger partial charge on any atom is -0.318 e. The SMILES string of the molecule is CCCCc1ccc(-n2c(C)cc(/C=C3\C(=O)NC(=S)N(c4ccc(Cl)cc4)C3=O)c2C)cc1. The molecule has 0 spiro atoms. The molecular formula is C27H26ClN3O2S. The molecule has 2 heterocycles. The molecule has 1 N–H and O–H groups in total. The molecule has 0 aliphatic carbocycles. The number of nitrogens with one attached hydrogen (secondary N) is 1. The Morgan fingerprint density at radius 1 is 1.00 bits per heavy atom. The van der Waals surface area contributed by atoms with Crippen LogP contribution in [0, 0.1) is 13.8 Å². The predicted molar refractivity (Wildman–Crippen MR) is 142 cm³/mol. The van der Waals surface area contributed by atoms with Gasteiger partial charge in [-0.3, -0.25) is 19.8 Å². The monoisotopic (exact) mass is 491 g/mol. The van der Waals surface area contributed by atoms with Crippen molar-refractivity contribution < 1.29 is 9.59 Å². The second kappa shape index (κ2) is 9.95. The highest BCUT2D eigenvalue weighted by Gasteiger charge is 2.34. The van der Waals surface area contributed by atoms with Gasteiger partial charge in [-0.05, 0) is 98.6 Å². The number of benzene rings is 2. The van der Waals surface area contributed by atoms with Crippen LogP contribution in [-0.4, -0.2) is 21.5 Å². The van der Waals surface area contributed by atoms with Crippen LogP contribution >= 0.6 is 23.8 Å². The van der Waals surface area contributed by atoms with E-state index in [1.165, 1.54) is 23.3 Å². The van der Waals surface area contributed by atoms with Crippen molar-refractivity contribution in [3.63, 3.8) is 0 Å². The molecule has 2 aromatic carbocycles. The van der Waals surface area contributed by atoms with Crippen molar-refractivity contribution in [2.45, 2.75) is 40.0 Å². The van der Waals surface area contributed by atoms with Crippen molar-refractivity contribution in [3.05, 3.63) is 87.7 Å². The van der Waals surface area contributed by atoms with Gasteiger partial charge in [-0.2, -0.15) is 0 Å². The molecule has 1 aromatic heterocycles. The second-order valence-electron chi connectivity index (χ2n) is 8.37. The summed E-state index contributed by atoms with van der Waals surface area (Å²) in [5, 5.41) is 3.22. The van der Waals surface area contributed by atoms with Gasteiger partial charge in [-0.25, -0.2) is 0 Å². The number of unbranched alkanes of at least 4 members (excludes halogenated alkanes) is 1. The van der Waals surface area contributed by atoms with E-state index >= 15 is 0 Å². The molecule has 0 atom stereocenters. The molecular weight excluding hydrogens is 466 g/mol. The van der Waals surface area contributed by atoms with E-state index in [2.05, 4.69) is 41.1 Å². The molecule has 174 valence electrons. The van der Waals surface area contributed by atoms with E-state index in [9.17, 15) is 9.59 Å². The van der Waals surface area contributed by atoms with Gasteiger partial charge in [0.05, 0.1) is 5.69 Å². The summed E-state index contributed by atoms with van der Waals surface area (Å²) in [5.74, 6) is -0.980. The van der Waals surface area contributed by atoms with Crippen molar-refractivity contribution in [3.8, 4) is 5.69 Å². The smallest absolute Gasteiger partial charge is 0.270 e. The van der Waals surface area contributed by atoms with Crippen LogP contribution in [0.3, 0.4) is 0 Å². The highest BCUT2D eigenvalue weighted by atomic mass is 35.5. The van der Waals surface area contributed by atoms with Crippen molar-refractivity contribution >= 4 is 52.5 Å². The molecule has 1 fully saturated rings. The lowest BCUT2D eigenvalue weighted by Gasteiger charge is -2.28. The largest absolute Gasteiger partial charge is 0.318 e. The molecule has 5 nitrogen and oxygen atoms in total. The third-order valence-corrected chi connectivity index (χ3v) is 6.51. The molecule has 2 amide bonds. The van der Waals surface area contributed by atoms with E-state index in [1.807, 2.05) is 19.9 Å². The Morgan fingerprint density at radius 2 is 1.65 bits per heavy atom. The predicted octanol–water partition coefficient (Wildman–Crippen LogP) is 5.92. The summed E-state index contributed by atoms with van der Waals surface area (Å²) in [4.78, 5) is 27.3. The Hall–Kier alpha value is -3.22. The summed E-state index contributed by atoms with van der Waals surface area (Å²) >= 11 is 11.3. The summed E-state index contributed by atoms with van der Waals surface area (Å²) in [6.07, 6.45) is 5.05. The zero-order valence-electron chi connectivity index (χ0n) is 19.4. The van der Waals surface area contributed by atoms with Gasteiger partial charge in [0.1, 0.15) is 5.57 Å². The molecule has 4 rings (SSSR count). The second-order valence-corrected chi connectivity index (χ2v) is 9.19. The van der Waals surface area contributed by atoms with Crippen LogP contribution in [0.2, 0.25) is 5.02 Å². The standard InChI is InChI=1S/C27H26ClN3O2S/c1-4-5-6-19-7-11-22(12-8-19)30-17(2)15-20(18(30)3)16-24-25(32)29-27(34)31(26(24)33)23-13-9-21(28)10-14-23/h7-16H,4-6H2,1-3H3,(H,29,32,34)/b24-16+. The van der Waals surface area contributed by atoms with Gasteiger partial charge < -0.3 is 4.57 Å². The topological polar surface area (TPSA) is 54.3 Å². The van der Waals surface area contributed by atoms with Gasteiger partial charge in [-0.15, -0.1) is 0 Å². The van der Waals surface area contributed by atoms with Gasteiger partial charge in [0.25, 0.3) is 11.8 Å². The van der Waals surface area contributed by atoms with Gasteiger partial charge in [0, 0.05) is 22.1 Å². The van der Waals surface area contributed by atoms with E-state index in [4.69, 9.17) is 23.8 Å². The number of carbonyl (C=O) groups excluding carboxylic acids is 2. The number of nitrogens with zero attached hydrogens (tertiary/aromatic N) is 2. The van der Waals surface area contributed by atoms with Crippen molar-refractivity contribution in [1.82, 2.24) is 9.88 Å². The maximum atomic E-state index is 13.3. The molecule has 0 saturated carbocycles. The summed E-state index contributed by atoms with van der Waals surface area (Å²) in [7, 11) is 0. The number of hydrogen-bond acceptors (Lipinski definition) is 3. The van der Waals surface area contributed by atoms with Crippen LogP contribution in [0.25, 0.3) is 11.8 Å². The van der Waals surface area contributed by atoms with Crippen molar-refractivity contribution in [2.24, 2.45) is 0 Å². The zero-order valence-corrected chi connectivity index (χ0v) is 21.0. The van der Waals surface area contributed by atoms with Crippen LogP contribution in [0.5, 0.6) is 0 Å². The van der Waals surface area contributed by atoms with Gasteiger partial charge >= 0.3 is 0 Å². The highest BCUT2D eigenvalue weighted by Crippen LogP contribution is 2.27. The quantitative estimate of drug-likeness (QED) is 0.264. The maximum Gasteiger partial charge on any atom is 0.270 e. The zero-order chi connectivity index (χ0) is 24.4. The Balaban J connectivity index is 1.68. The Kier molecular flexibility index (Phi) is 7.00. The first-order valence-electron chi connectivity index (χ1n) is 11.3. The third-order valence-electron chi connectivity index (χ3n) is 5.97. The van der Waals surface area contributed by atoms with E-state index in [0.29, 0.717) is 10.7 Å². The first kappa shape index (κ1) is 23.9. The van der Waals surface area contributed by atoms with Crippen molar-refractivity contribution in [1.29, 1.82) is 0 Å². The minimum absolute atomic E-state index is 0.0266. The number of anilines is 1. The van der Waals surface area contributed by atoms with Crippen LogP contribution in [0.4, 0.5) is 5.69 Å². The number of hydrogen-bond donors (Lipinski definition) is 1. The van der Waals surface area contributed by atoms with E-state index in [0.717, 1.165) is 29.1 Å². The van der Waals surface area contributed by atoms with E-state index in [1.54, 1.807) is 30.3 Å². The number of aromatic nitrogens is 1. The lowest BCUT2D eigenvalue weighted by Crippen LogP contribution is -2.54. The highest BCUT2D eigenvalue weighted by molar-refractivity contribution is 7.80. The summed E-state index contributed by atoms with van der Waals surface area (Å²) in [5.41, 5.74) is 5.69. The molecule has 1 aliphatic heterocycles. The van der Waals surface area contributed by atoms with Crippen LogP contribution < -0.4 is 10.2 Å². The third kappa shape index (κ3) is 4.69. The van der Waals surface area contributed by atoms with Gasteiger partial charge in [-0.1, -0.05) is 37.1 Å².